The van der Waals surface area contributed by atoms with Gasteiger partial charge in [-0.05, 0) is 62.4 Å². The zero-order valence-corrected chi connectivity index (χ0v) is 17.6. The van der Waals surface area contributed by atoms with Crippen molar-refractivity contribution < 1.29 is 22.7 Å². The van der Waals surface area contributed by atoms with E-state index in [4.69, 9.17) is 4.74 Å². The van der Waals surface area contributed by atoms with Crippen molar-refractivity contribution in [2.75, 3.05) is 27.8 Å². The molecule has 0 saturated carbocycles. The Bertz CT molecular complexity index is 957. The van der Waals surface area contributed by atoms with Crippen molar-refractivity contribution in [1.29, 1.82) is 0 Å². The maximum Gasteiger partial charge on any atom is 0.247 e. The first kappa shape index (κ1) is 22.2. The SMILES string of the molecule is CCOc1ccc(N(C(C)C(=O)Nc2ccc(NC(C)=O)cc2)S(C)(=O)=O)cc1. The van der Waals surface area contributed by atoms with Crippen molar-refractivity contribution in [3.63, 3.8) is 0 Å². The summed E-state index contributed by atoms with van der Waals surface area (Å²) in [6.45, 7) is 5.26. The van der Waals surface area contributed by atoms with E-state index in [9.17, 15) is 18.0 Å². The number of anilines is 3. The van der Waals surface area contributed by atoms with Crippen LogP contribution in [0.2, 0.25) is 0 Å². The van der Waals surface area contributed by atoms with E-state index in [2.05, 4.69) is 10.6 Å². The number of nitrogens with one attached hydrogen (secondary N) is 2. The molecule has 0 aliphatic carbocycles. The molecule has 0 aliphatic heterocycles. The van der Waals surface area contributed by atoms with E-state index in [-0.39, 0.29) is 5.91 Å². The highest BCUT2D eigenvalue weighted by atomic mass is 32.2. The highest BCUT2D eigenvalue weighted by Crippen LogP contribution is 2.24. The number of nitrogens with zero attached hydrogens (tertiary/aromatic N) is 1. The molecule has 8 nitrogen and oxygen atoms in total. The van der Waals surface area contributed by atoms with E-state index in [0.29, 0.717) is 29.4 Å². The molecule has 2 aromatic carbocycles. The van der Waals surface area contributed by atoms with E-state index >= 15 is 0 Å². The number of ether oxygens (including phenoxy) is 1. The smallest absolute Gasteiger partial charge is 0.247 e. The van der Waals surface area contributed by atoms with Crippen LogP contribution in [0.15, 0.2) is 48.5 Å². The Kier molecular flexibility index (Phi) is 7.22. The van der Waals surface area contributed by atoms with Crippen LogP contribution in [0, 0.1) is 0 Å². The summed E-state index contributed by atoms with van der Waals surface area (Å²) >= 11 is 0. The van der Waals surface area contributed by atoms with Gasteiger partial charge in [-0.2, -0.15) is 0 Å². The zero-order chi connectivity index (χ0) is 21.6. The Balaban J connectivity index is 2.19. The average Bonchev–Trinajstić information content (AvgIpc) is 2.63. The molecule has 1 atom stereocenters. The molecule has 9 heteroatoms. The van der Waals surface area contributed by atoms with Crippen LogP contribution in [-0.4, -0.2) is 39.1 Å². The molecule has 29 heavy (non-hydrogen) atoms. The molecule has 2 rings (SSSR count). The first-order valence-electron chi connectivity index (χ1n) is 9.02. The quantitative estimate of drug-likeness (QED) is 0.685. The van der Waals surface area contributed by atoms with Gasteiger partial charge in [-0.1, -0.05) is 0 Å². The summed E-state index contributed by atoms with van der Waals surface area (Å²) in [5, 5.41) is 5.33. The molecule has 0 spiro atoms. The van der Waals surface area contributed by atoms with Gasteiger partial charge in [0.1, 0.15) is 11.8 Å². The molecule has 2 aromatic rings. The minimum absolute atomic E-state index is 0.199. The van der Waals surface area contributed by atoms with E-state index < -0.39 is 22.0 Å². The summed E-state index contributed by atoms with van der Waals surface area (Å²) in [5.74, 6) is -0.0767. The number of carbonyl (C=O) groups is 2. The Morgan fingerprint density at radius 3 is 1.97 bits per heavy atom. The van der Waals surface area contributed by atoms with Gasteiger partial charge in [0.25, 0.3) is 0 Å². The fraction of sp³-hybridized carbons (Fsp3) is 0.300. The molecule has 2 amide bonds. The Labute approximate surface area is 170 Å². The number of hydrogen-bond donors (Lipinski definition) is 2. The molecule has 1 unspecified atom stereocenters. The van der Waals surface area contributed by atoms with Crippen LogP contribution >= 0.6 is 0 Å². The van der Waals surface area contributed by atoms with Gasteiger partial charge in [0, 0.05) is 18.3 Å². The third-order valence-electron chi connectivity index (χ3n) is 3.96. The van der Waals surface area contributed by atoms with Gasteiger partial charge in [-0.15, -0.1) is 0 Å². The molecule has 2 N–H and O–H groups in total. The summed E-state index contributed by atoms with van der Waals surface area (Å²) in [4.78, 5) is 23.8. The van der Waals surface area contributed by atoms with Crippen LogP contribution in [0.25, 0.3) is 0 Å². The highest BCUT2D eigenvalue weighted by Gasteiger charge is 2.29. The third-order valence-corrected chi connectivity index (χ3v) is 5.21. The summed E-state index contributed by atoms with van der Waals surface area (Å²) in [6.07, 6.45) is 1.05. The second-order valence-electron chi connectivity index (χ2n) is 6.41. The van der Waals surface area contributed by atoms with Crippen molar-refractivity contribution in [2.24, 2.45) is 0 Å². The third kappa shape index (κ3) is 6.21. The molecule has 0 saturated heterocycles. The molecule has 156 valence electrons. The van der Waals surface area contributed by atoms with E-state index in [0.717, 1.165) is 10.6 Å². The minimum Gasteiger partial charge on any atom is -0.494 e. The lowest BCUT2D eigenvalue weighted by molar-refractivity contribution is -0.117. The van der Waals surface area contributed by atoms with Gasteiger partial charge in [0.15, 0.2) is 0 Å². The number of carbonyl (C=O) groups excluding carboxylic acids is 2. The lowest BCUT2D eigenvalue weighted by Gasteiger charge is -2.28. The molecule has 0 radical (unpaired) electrons. The first-order valence-corrected chi connectivity index (χ1v) is 10.9. The van der Waals surface area contributed by atoms with Gasteiger partial charge < -0.3 is 15.4 Å². The van der Waals surface area contributed by atoms with Gasteiger partial charge >= 0.3 is 0 Å². The zero-order valence-electron chi connectivity index (χ0n) is 16.8. The fourth-order valence-corrected chi connectivity index (χ4v) is 3.93. The van der Waals surface area contributed by atoms with Crippen LogP contribution in [0.1, 0.15) is 20.8 Å². The van der Waals surface area contributed by atoms with Crippen LogP contribution in [0.4, 0.5) is 17.1 Å². The summed E-state index contributed by atoms with van der Waals surface area (Å²) in [5.41, 5.74) is 1.44. The molecular weight excluding hydrogens is 394 g/mol. The molecule has 0 aliphatic rings. The van der Waals surface area contributed by atoms with Crippen LogP contribution in [0.3, 0.4) is 0 Å². The van der Waals surface area contributed by atoms with Crippen LogP contribution in [-0.2, 0) is 19.6 Å². The van der Waals surface area contributed by atoms with Crippen molar-refractivity contribution in [1.82, 2.24) is 0 Å². The molecule has 0 bridgehead atoms. The lowest BCUT2D eigenvalue weighted by Crippen LogP contribution is -2.45. The Hall–Kier alpha value is -3.07. The number of sulfonamides is 1. The van der Waals surface area contributed by atoms with Crippen molar-refractivity contribution in [2.45, 2.75) is 26.8 Å². The van der Waals surface area contributed by atoms with Crippen LogP contribution < -0.4 is 19.7 Å². The van der Waals surface area contributed by atoms with E-state index in [1.807, 2.05) is 6.92 Å². The Morgan fingerprint density at radius 1 is 1.00 bits per heavy atom. The average molecular weight is 420 g/mol. The van der Waals surface area contributed by atoms with Crippen LogP contribution in [0.5, 0.6) is 5.75 Å². The van der Waals surface area contributed by atoms with E-state index in [1.165, 1.54) is 13.8 Å². The lowest BCUT2D eigenvalue weighted by atomic mass is 10.2. The summed E-state index contributed by atoms with van der Waals surface area (Å²) in [7, 11) is -3.72. The standard InChI is InChI=1S/C20H25N3O5S/c1-5-28-19-12-10-18(11-13-19)23(29(4,26)27)14(2)20(25)22-17-8-6-16(7-9-17)21-15(3)24/h6-14H,5H2,1-4H3,(H,21,24)(H,22,25). The second-order valence-corrected chi connectivity index (χ2v) is 8.27. The Morgan fingerprint density at radius 2 is 1.52 bits per heavy atom. The summed E-state index contributed by atoms with van der Waals surface area (Å²) < 4.78 is 31.2. The molecule has 0 heterocycles. The number of benzene rings is 2. The van der Waals surface area contributed by atoms with E-state index in [1.54, 1.807) is 48.5 Å². The maximum atomic E-state index is 12.7. The second kappa shape index (κ2) is 9.42. The largest absolute Gasteiger partial charge is 0.494 e. The number of rotatable bonds is 8. The number of amides is 2. The van der Waals surface area contributed by atoms with Gasteiger partial charge in [0.05, 0.1) is 18.6 Å². The normalized spacial score (nSPS) is 12.0. The maximum absolute atomic E-state index is 12.7. The van der Waals surface area contributed by atoms with Gasteiger partial charge in [-0.3, -0.25) is 13.9 Å². The van der Waals surface area contributed by atoms with Crippen molar-refractivity contribution in [3.05, 3.63) is 48.5 Å². The monoisotopic (exact) mass is 419 g/mol. The molecule has 0 aromatic heterocycles. The predicted molar refractivity (Wildman–Crippen MR) is 114 cm³/mol. The fourth-order valence-electron chi connectivity index (χ4n) is 2.75. The highest BCUT2D eigenvalue weighted by molar-refractivity contribution is 7.92. The summed E-state index contributed by atoms with van der Waals surface area (Å²) in [6, 6.07) is 12.0. The van der Waals surface area contributed by atoms with Gasteiger partial charge in [-0.25, -0.2) is 8.42 Å². The molecule has 0 fully saturated rings. The number of hydrogen-bond acceptors (Lipinski definition) is 5. The first-order chi connectivity index (χ1) is 13.6. The topological polar surface area (TPSA) is 105 Å². The minimum atomic E-state index is -3.72. The predicted octanol–water partition coefficient (Wildman–Crippen LogP) is 2.84. The van der Waals surface area contributed by atoms with Crippen molar-refractivity contribution in [3.8, 4) is 5.75 Å². The van der Waals surface area contributed by atoms with Gasteiger partial charge in [0.2, 0.25) is 21.8 Å². The molecular formula is C20H25N3O5S. The van der Waals surface area contributed by atoms with Crippen molar-refractivity contribution >= 4 is 38.9 Å².